The van der Waals surface area contributed by atoms with E-state index < -0.39 is 0 Å². The molecule has 1 fully saturated rings. The summed E-state index contributed by atoms with van der Waals surface area (Å²) in [4.78, 5) is 15.4. The van der Waals surface area contributed by atoms with Crippen LogP contribution in [0, 0.1) is 5.82 Å². The topological polar surface area (TPSA) is 49.6 Å². The van der Waals surface area contributed by atoms with E-state index in [9.17, 15) is 9.18 Å². The van der Waals surface area contributed by atoms with Crippen LogP contribution in [0.25, 0.3) is 0 Å². The van der Waals surface area contributed by atoms with E-state index in [1.807, 2.05) is 13.0 Å². The van der Waals surface area contributed by atoms with Crippen molar-refractivity contribution in [3.8, 4) is 0 Å². The molecule has 0 bridgehead atoms. The first-order valence-corrected chi connectivity index (χ1v) is 6.53. The number of nitrogens with two attached hydrogens (primary N) is 1. The first kappa shape index (κ1) is 13.8. The van der Waals surface area contributed by atoms with Gasteiger partial charge in [0.05, 0.1) is 12.2 Å². The molecule has 1 aliphatic rings. The number of likely N-dealkylation sites (N-methyl/N-ethyl adjacent to an activating group) is 1. The van der Waals surface area contributed by atoms with E-state index in [1.54, 1.807) is 22.9 Å². The summed E-state index contributed by atoms with van der Waals surface area (Å²) < 4.78 is 14.1. The van der Waals surface area contributed by atoms with Crippen LogP contribution in [0.5, 0.6) is 0 Å². The summed E-state index contributed by atoms with van der Waals surface area (Å²) in [6.07, 6.45) is 0.828. The molecule has 1 heterocycles. The summed E-state index contributed by atoms with van der Waals surface area (Å²) in [7, 11) is 1.78. The Labute approximate surface area is 113 Å². The van der Waals surface area contributed by atoms with Crippen LogP contribution in [-0.2, 0) is 4.79 Å². The SMILES string of the molecule is C[C@H](N)c1cccc(F)c1N1CCCN(C)C(=O)C1. The third kappa shape index (κ3) is 2.87. The zero-order chi connectivity index (χ0) is 14.0. The summed E-state index contributed by atoms with van der Waals surface area (Å²) >= 11 is 0. The summed E-state index contributed by atoms with van der Waals surface area (Å²) in [6, 6.07) is 4.63. The van der Waals surface area contributed by atoms with Gasteiger partial charge in [-0.3, -0.25) is 4.79 Å². The molecule has 0 spiro atoms. The maximum Gasteiger partial charge on any atom is 0.241 e. The van der Waals surface area contributed by atoms with Gasteiger partial charge in [0.2, 0.25) is 5.91 Å². The number of carbonyl (C=O) groups is 1. The molecule has 1 atom stereocenters. The Morgan fingerprint density at radius 3 is 2.79 bits per heavy atom. The standard InChI is InChI=1S/C14H20FN3O/c1-10(16)11-5-3-6-12(15)14(11)18-8-4-7-17(2)13(19)9-18/h3,5-6,10H,4,7-9,16H2,1-2H3/t10-/m0/s1. The van der Waals surface area contributed by atoms with Gasteiger partial charge in [-0.1, -0.05) is 12.1 Å². The lowest BCUT2D eigenvalue weighted by molar-refractivity contribution is -0.127. The summed E-state index contributed by atoms with van der Waals surface area (Å²) in [5.41, 5.74) is 7.12. The fraction of sp³-hybridized carbons (Fsp3) is 0.500. The monoisotopic (exact) mass is 265 g/mol. The normalized spacial score (nSPS) is 18.4. The van der Waals surface area contributed by atoms with Crippen molar-refractivity contribution < 1.29 is 9.18 Å². The predicted molar refractivity (Wildman–Crippen MR) is 73.5 cm³/mol. The first-order chi connectivity index (χ1) is 9.00. The molecule has 104 valence electrons. The highest BCUT2D eigenvalue weighted by Crippen LogP contribution is 2.29. The van der Waals surface area contributed by atoms with Crippen molar-refractivity contribution in [3.63, 3.8) is 0 Å². The van der Waals surface area contributed by atoms with Gasteiger partial charge in [-0.2, -0.15) is 0 Å². The van der Waals surface area contributed by atoms with Gasteiger partial charge in [-0.15, -0.1) is 0 Å². The highest BCUT2D eigenvalue weighted by molar-refractivity contribution is 5.82. The van der Waals surface area contributed by atoms with Gasteiger partial charge >= 0.3 is 0 Å². The quantitative estimate of drug-likeness (QED) is 0.882. The molecular formula is C14H20FN3O. The van der Waals surface area contributed by atoms with Crippen molar-refractivity contribution in [2.24, 2.45) is 5.73 Å². The van der Waals surface area contributed by atoms with Crippen molar-refractivity contribution in [2.75, 3.05) is 31.6 Å². The van der Waals surface area contributed by atoms with E-state index in [0.29, 0.717) is 18.8 Å². The molecule has 0 radical (unpaired) electrons. The lowest BCUT2D eigenvalue weighted by Gasteiger charge is -2.26. The van der Waals surface area contributed by atoms with E-state index >= 15 is 0 Å². The third-order valence-corrected chi connectivity index (χ3v) is 3.50. The van der Waals surface area contributed by atoms with E-state index in [4.69, 9.17) is 5.73 Å². The fourth-order valence-electron chi connectivity index (χ4n) is 2.41. The molecule has 4 nitrogen and oxygen atoms in total. The molecule has 0 saturated carbocycles. The highest BCUT2D eigenvalue weighted by Gasteiger charge is 2.24. The summed E-state index contributed by atoms with van der Waals surface area (Å²) in [5, 5.41) is 0. The molecule has 19 heavy (non-hydrogen) atoms. The zero-order valence-electron chi connectivity index (χ0n) is 11.4. The van der Waals surface area contributed by atoms with Crippen LogP contribution < -0.4 is 10.6 Å². The third-order valence-electron chi connectivity index (χ3n) is 3.50. The number of nitrogens with zero attached hydrogens (tertiary/aromatic N) is 2. The molecule has 2 N–H and O–H groups in total. The van der Waals surface area contributed by atoms with Gasteiger partial charge in [0.25, 0.3) is 0 Å². The van der Waals surface area contributed by atoms with Crippen LogP contribution in [0.4, 0.5) is 10.1 Å². The fourth-order valence-corrected chi connectivity index (χ4v) is 2.41. The van der Waals surface area contributed by atoms with Crippen LogP contribution in [-0.4, -0.2) is 37.5 Å². The van der Waals surface area contributed by atoms with Gasteiger partial charge in [0.1, 0.15) is 5.82 Å². The van der Waals surface area contributed by atoms with Crippen LogP contribution in [0.1, 0.15) is 24.9 Å². The van der Waals surface area contributed by atoms with Crippen LogP contribution in [0.2, 0.25) is 0 Å². The van der Waals surface area contributed by atoms with Gasteiger partial charge in [-0.25, -0.2) is 4.39 Å². The Kier molecular flexibility index (Phi) is 4.04. The van der Waals surface area contributed by atoms with Crippen LogP contribution in [0.15, 0.2) is 18.2 Å². The molecular weight excluding hydrogens is 245 g/mol. The van der Waals surface area contributed by atoms with E-state index in [2.05, 4.69) is 0 Å². The van der Waals surface area contributed by atoms with E-state index in [1.165, 1.54) is 6.07 Å². The molecule has 1 aliphatic heterocycles. The second-order valence-electron chi connectivity index (χ2n) is 5.06. The average molecular weight is 265 g/mol. The van der Waals surface area contributed by atoms with Crippen molar-refractivity contribution in [1.29, 1.82) is 0 Å². The predicted octanol–water partition coefficient (Wildman–Crippen LogP) is 1.51. The lowest BCUT2D eigenvalue weighted by atomic mass is 10.1. The minimum Gasteiger partial charge on any atom is -0.360 e. The van der Waals surface area contributed by atoms with Crippen molar-refractivity contribution in [1.82, 2.24) is 4.90 Å². The molecule has 1 amide bonds. The molecule has 1 aromatic rings. The van der Waals surface area contributed by atoms with Gasteiger partial charge in [0.15, 0.2) is 0 Å². The Balaban J connectivity index is 2.37. The van der Waals surface area contributed by atoms with Gasteiger partial charge in [-0.05, 0) is 25.0 Å². The molecule has 1 aromatic carbocycles. The minimum atomic E-state index is -0.313. The Hall–Kier alpha value is -1.62. The van der Waals surface area contributed by atoms with Gasteiger partial charge in [0, 0.05) is 26.2 Å². The Morgan fingerprint density at radius 1 is 1.37 bits per heavy atom. The first-order valence-electron chi connectivity index (χ1n) is 6.53. The number of hydrogen-bond acceptors (Lipinski definition) is 3. The zero-order valence-corrected chi connectivity index (χ0v) is 11.4. The number of rotatable bonds is 2. The molecule has 0 aliphatic carbocycles. The number of amides is 1. The number of benzene rings is 1. The van der Waals surface area contributed by atoms with Crippen molar-refractivity contribution >= 4 is 11.6 Å². The smallest absolute Gasteiger partial charge is 0.241 e. The van der Waals surface area contributed by atoms with Crippen molar-refractivity contribution in [2.45, 2.75) is 19.4 Å². The van der Waals surface area contributed by atoms with Crippen LogP contribution in [0.3, 0.4) is 0 Å². The Morgan fingerprint density at radius 2 is 2.11 bits per heavy atom. The number of para-hydroxylation sites is 1. The van der Waals surface area contributed by atoms with E-state index in [0.717, 1.165) is 12.0 Å². The Bertz CT molecular complexity index is 476. The second kappa shape index (κ2) is 5.57. The summed E-state index contributed by atoms with van der Waals surface area (Å²) in [5.74, 6) is -0.302. The molecule has 0 aromatic heterocycles. The number of carbonyl (C=O) groups excluding carboxylic acids is 1. The number of halogens is 1. The second-order valence-corrected chi connectivity index (χ2v) is 5.06. The van der Waals surface area contributed by atoms with Crippen LogP contribution >= 0.6 is 0 Å². The van der Waals surface area contributed by atoms with Crippen molar-refractivity contribution in [3.05, 3.63) is 29.6 Å². The summed E-state index contributed by atoms with van der Waals surface area (Å²) in [6.45, 7) is 3.40. The van der Waals surface area contributed by atoms with Gasteiger partial charge < -0.3 is 15.5 Å². The average Bonchev–Trinajstić information content (AvgIpc) is 2.51. The molecule has 0 unspecified atom stereocenters. The lowest BCUT2D eigenvalue weighted by Crippen LogP contribution is -2.35. The maximum atomic E-state index is 14.1. The molecule has 1 saturated heterocycles. The number of hydrogen-bond donors (Lipinski definition) is 1. The highest BCUT2D eigenvalue weighted by atomic mass is 19.1. The largest absolute Gasteiger partial charge is 0.360 e. The molecule has 5 heteroatoms. The van der Waals surface area contributed by atoms with E-state index in [-0.39, 0.29) is 24.3 Å². The maximum absolute atomic E-state index is 14.1. The number of anilines is 1. The minimum absolute atomic E-state index is 0.0105. The molecule has 2 rings (SSSR count).